The summed E-state index contributed by atoms with van der Waals surface area (Å²) in [5.41, 5.74) is -0.134. The van der Waals surface area contributed by atoms with Gasteiger partial charge in [-0.05, 0) is 65.1 Å². The summed E-state index contributed by atoms with van der Waals surface area (Å²) in [6.45, 7) is 15.3. The van der Waals surface area contributed by atoms with E-state index in [1.54, 1.807) is 0 Å². The van der Waals surface area contributed by atoms with Gasteiger partial charge in [-0.3, -0.25) is 9.69 Å². The van der Waals surface area contributed by atoms with Crippen LogP contribution in [0.5, 0.6) is 0 Å². The van der Waals surface area contributed by atoms with Crippen molar-refractivity contribution in [1.29, 1.82) is 0 Å². The molecule has 20 heavy (non-hydrogen) atoms. The van der Waals surface area contributed by atoms with Gasteiger partial charge in [-0.15, -0.1) is 0 Å². The molecule has 0 aromatic carbocycles. The van der Waals surface area contributed by atoms with E-state index in [0.717, 1.165) is 26.2 Å². The van der Waals surface area contributed by atoms with E-state index in [0.29, 0.717) is 18.4 Å². The first-order chi connectivity index (χ1) is 9.26. The van der Waals surface area contributed by atoms with Gasteiger partial charge in [0.1, 0.15) is 0 Å². The molecule has 1 heterocycles. The number of piperidine rings is 1. The Morgan fingerprint density at radius 1 is 1.35 bits per heavy atom. The average molecular weight is 283 g/mol. The van der Waals surface area contributed by atoms with Crippen LogP contribution in [0.4, 0.5) is 0 Å². The third-order valence-corrected chi connectivity index (χ3v) is 3.47. The van der Waals surface area contributed by atoms with E-state index in [1.165, 1.54) is 12.8 Å². The lowest BCUT2D eigenvalue weighted by atomic mass is 9.97. The van der Waals surface area contributed by atoms with Gasteiger partial charge in [0.15, 0.2) is 0 Å². The fourth-order valence-corrected chi connectivity index (χ4v) is 2.70. The van der Waals surface area contributed by atoms with Crippen molar-refractivity contribution < 1.29 is 4.79 Å². The fourth-order valence-electron chi connectivity index (χ4n) is 2.70. The molecule has 0 radical (unpaired) electrons. The molecule has 1 rings (SSSR count). The van der Waals surface area contributed by atoms with Crippen molar-refractivity contribution in [3.8, 4) is 0 Å². The van der Waals surface area contributed by atoms with Gasteiger partial charge in [-0.25, -0.2) is 0 Å². The maximum absolute atomic E-state index is 12.0. The summed E-state index contributed by atoms with van der Waals surface area (Å²) in [5, 5.41) is 6.58. The predicted molar refractivity (Wildman–Crippen MR) is 84.8 cm³/mol. The van der Waals surface area contributed by atoms with Gasteiger partial charge < -0.3 is 10.6 Å². The van der Waals surface area contributed by atoms with Crippen LogP contribution in [0.2, 0.25) is 0 Å². The zero-order valence-corrected chi connectivity index (χ0v) is 14.0. The van der Waals surface area contributed by atoms with Crippen LogP contribution in [0.25, 0.3) is 0 Å². The minimum absolute atomic E-state index is 0.134. The van der Waals surface area contributed by atoms with Crippen molar-refractivity contribution in [1.82, 2.24) is 15.5 Å². The molecule has 1 aliphatic rings. The Bertz CT molecular complexity index is 297. The third kappa shape index (κ3) is 7.85. The highest BCUT2D eigenvalue weighted by molar-refractivity contribution is 5.78. The number of nitrogens with zero attached hydrogens (tertiary/aromatic N) is 1. The molecular formula is C16H33N3O. The number of amides is 1. The molecule has 1 atom stereocenters. The first kappa shape index (κ1) is 17.4. The van der Waals surface area contributed by atoms with Gasteiger partial charge in [-0.2, -0.15) is 0 Å². The maximum Gasteiger partial charge on any atom is 0.234 e. The predicted octanol–water partition coefficient (Wildman–Crippen LogP) is 1.86. The highest BCUT2D eigenvalue weighted by Gasteiger charge is 2.22. The summed E-state index contributed by atoms with van der Waals surface area (Å²) >= 11 is 0. The SMILES string of the molecule is CC(C)CNCC1CCCN(CC(=O)NC(C)(C)C)C1. The van der Waals surface area contributed by atoms with E-state index in [1.807, 2.05) is 20.8 Å². The topological polar surface area (TPSA) is 44.4 Å². The van der Waals surface area contributed by atoms with Crippen molar-refractivity contribution in [2.24, 2.45) is 11.8 Å². The number of nitrogens with one attached hydrogen (secondary N) is 2. The first-order valence-electron chi connectivity index (χ1n) is 8.00. The van der Waals surface area contributed by atoms with Crippen LogP contribution in [0.3, 0.4) is 0 Å². The lowest BCUT2D eigenvalue weighted by Gasteiger charge is -2.33. The van der Waals surface area contributed by atoms with E-state index in [4.69, 9.17) is 0 Å². The minimum Gasteiger partial charge on any atom is -0.350 e. The standard InChI is InChI=1S/C16H33N3O/c1-13(2)9-17-10-14-7-6-8-19(11-14)12-15(20)18-16(3,4)5/h13-14,17H,6-12H2,1-5H3,(H,18,20). The van der Waals surface area contributed by atoms with Gasteiger partial charge in [0, 0.05) is 12.1 Å². The second-order valence-electron chi connectivity index (χ2n) is 7.59. The molecule has 0 aliphatic carbocycles. The van der Waals surface area contributed by atoms with Gasteiger partial charge >= 0.3 is 0 Å². The average Bonchev–Trinajstić information content (AvgIpc) is 2.26. The second-order valence-corrected chi connectivity index (χ2v) is 7.59. The van der Waals surface area contributed by atoms with Crippen molar-refractivity contribution in [2.75, 3.05) is 32.7 Å². The monoisotopic (exact) mass is 283 g/mol. The fraction of sp³-hybridized carbons (Fsp3) is 0.938. The highest BCUT2D eigenvalue weighted by atomic mass is 16.2. The summed E-state index contributed by atoms with van der Waals surface area (Å²) in [7, 11) is 0. The normalized spacial score (nSPS) is 21.2. The molecule has 0 aromatic rings. The Morgan fingerprint density at radius 2 is 2.05 bits per heavy atom. The summed E-state index contributed by atoms with van der Waals surface area (Å²) in [5.74, 6) is 1.53. The van der Waals surface area contributed by atoms with E-state index in [-0.39, 0.29) is 11.4 Å². The number of likely N-dealkylation sites (tertiary alicyclic amines) is 1. The smallest absolute Gasteiger partial charge is 0.234 e. The molecule has 0 aromatic heterocycles. The molecule has 0 saturated carbocycles. The number of carbonyl (C=O) groups excluding carboxylic acids is 1. The lowest BCUT2D eigenvalue weighted by Crippen LogP contribution is -2.48. The third-order valence-electron chi connectivity index (χ3n) is 3.47. The molecule has 1 amide bonds. The number of hydrogen-bond donors (Lipinski definition) is 2. The Morgan fingerprint density at radius 3 is 2.65 bits per heavy atom. The molecule has 118 valence electrons. The van der Waals surface area contributed by atoms with Crippen LogP contribution in [0.1, 0.15) is 47.5 Å². The zero-order valence-electron chi connectivity index (χ0n) is 14.0. The molecule has 1 unspecified atom stereocenters. The zero-order chi connectivity index (χ0) is 15.2. The first-order valence-corrected chi connectivity index (χ1v) is 8.00. The van der Waals surface area contributed by atoms with E-state index >= 15 is 0 Å². The number of carbonyl (C=O) groups is 1. The second kappa shape index (κ2) is 7.99. The van der Waals surface area contributed by atoms with Crippen LogP contribution in [-0.2, 0) is 4.79 Å². The van der Waals surface area contributed by atoms with Gasteiger partial charge in [0.2, 0.25) is 5.91 Å². The van der Waals surface area contributed by atoms with Crippen LogP contribution in [0, 0.1) is 11.8 Å². The van der Waals surface area contributed by atoms with Crippen molar-refractivity contribution in [3.63, 3.8) is 0 Å². The highest BCUT2D eigenvalue weighted by Crippen LogP contribution is 2.15. The Hall–Kier alpha value is -0.610. The largest absolute Gasteiger partial charge is 0.350 e. The minimum atomic E-state index is -0.134. The summed E-state index contributed by atoms with van der Waals surface area (Å²) < 4.78 is 0. The Labute approximate surface area is 124 Å². The van der Waals surface area contributed by atoms with Gasteiger partial charge in [-0.1, -0.05) is 13.8 Å². The van der Waals surface area contributed by atoms with Crippen LogP contribution in [-0.4, -0.2) is 49.1 Å². The summed E-state index contributed by atoms with van der Waals surface area (Å²) in [6.07, 6.45) is 2.49. The van der Waals surface area contributed by atoms with Gasteiger partial charge in [0.25, 0.3) is 0 Å². The molecule has 0 bridgehead atoms. The molecule has 0 spiro atoms. The number of rotatable bonds is 6. The maximum atomic E-state index is 12.0. The lowest BCUT2D eigenvalue weighted by molar-refractivity contribution is -0.124. The van der Waals surface area contributed by atoms with Crippen molar-refractivity contribution >= 4 is 5.91 Å². The van der Waals surface area contributed by atoms with Gasteiger partial charge in [0.05, 0.1) is 6.54 Å². The van der Waals surface area contributed by atoms with E-state index in [2.05, 4.69) is 29.4 Å². The number of hydrogen-bond acceptors (Lipinski definition) is 3. The molecule has 2 N–H and O–H groups in total. The quantitative estimate of drug-likeness (QED) is 0.782. The Kier molecular flexibility index (Phi) is 6.96. The summed E-state index contributed by atoms with van der Waals surface area (Å²) in [6, 6.07) is 0. The van der Waals surface area contributed by atoms with Crippen LogP contribution < -0.4 is 10.6 Å². The molecule has 4 nitrogen and oxygen atoms in total. The van der Waals surface area contributed by atoms with E-state index < -0.39 is 0 Å². The van der Waals surface area contributed by atoms with Crippen molar-refractivity contribution in [3.05, 3.63) is 0 Å². The summed E-state index contributed by atoms with van der Waals surface area (Å²) in [4.78, 5) is 14.3. The molecule has 1 fully saturated rings. The molecule has 1 saturated heterocycles. The van der Waals surface area contributed by atoms with Crippen molar-refractivity contribution in [2.45, 2.75) is 53.0 Å². The van der Waals surface area contributed by atoms with E-state index in [9.17, 15) is 4.79 Å². The molecule has 1 aliphatic heterocycles. The van der Waals surface area contributed by atoms with Crippen LogP contribution >= 0.6 is 0 Å². The molecule has 4 heteroatoms. The Balaban J connectivity index is 2.28. The van der Waals surface area contributed by atoms with Crippen LogP contribution in [0.15, 0.2) is 0 Å². The molecular weight excluding hydrogens is 250 g/mol.